The maximum Gasteiger partial charge on any atom is 0.347 e. The molecule has 1 heterocycles. The molecule has 0 amide bonds. The Morgan fingerprint density at radius 2 is 2.21 bits per heavy atom. The van der Waals surface area contributed by atoms with Crippen molar-refractivity contribution in [1.82, 2.24) is 4.98 Å². The second-order valence-electron chi connectivity index (χ2n) is 3.66. The average molecular weight is 299 g/mol. The number of aromatic carboxylic acids is 1. The van der Waals surface area contributed by atoms with Gasteiger partial charge in [-0.25, -0.2) is 9.78 Å². The molecule has 1 aromatic heterocycles. The summed E-state index contributed by atoms with van der Waals surface area (Å²) in [6, 6.07) is 3.96. The van der Waals surface area contributed by atoms with E-state index in [4.69, 9.17) is 16.7 Å². The van der Waals surface area contributed by atoms with Crippen molar-refractivity contribution >= 4 is 34.6 Å². The molecule has 1 aromatic carbocycles. The van der Waals surface area contributed by atoms with Crippen molar-refractivity contribution in [1.29, 1.82) is 0 Å². The Morgan fingerprint density at radius 1 is 1.53 bits per heavy atom. The van der Waals surface area contributed by atoms with E-state index in [9.17, 15) is 14.9 Å². The fraction of sp³-hybridized carbons (Fsp3) is 0.0909. The zero-order chi connectivity index (χ0) is 14.2. The summed E-state index contributed by atoms with van der Waals surface area (Å²) in [6.07, 6.45) is 0. The summed E-state index contributed by atoms with van der Waals surface area (Å²) in [6.45, 7) is 1.56. The first-order chi connectivity index (χ1) is 8.90. The van der Waals surface area contributed by atoms with Crippen LogP contribution in [0.5, 0.6) is 0 Å². The number of rotatable bonds is 3. The van der Waals surface area contributed by atoms with Crippen LogP contribution in [0.3, 0.4) is 0 Å². The third-order valence-electron chi connectivity index (χ3n) is 2.38. The van der Waals surface area contributed by atoms with Crippen molar-refractivity contribution in [2.75, 3.05) is 0 Å². The van der Waals surface area contributed by atoms with Gasteiger partial charge >= 0.3 is 5.97 Å². The van der Waals surface area contributed by atoms with Crippen molar-refractivity contribution in [2.45, 2.75) is 6.92 Å². The monoisotopic (exact) mass is 298 g/mol. The van der Waals surface area contributed by atoms with Crippen LogP contribution in [0.15, 0.2) is 18.2 Å². The predicted molar refractivity (Wildman–Crippen MR) is 70.9 cm³/mol. The number of carbonyl (C=O) groups is 1. The Bertz CT molecular complexity index is 683. The number of nitro benzene ring substituents is 1. The summed E-state index contributed by atoms with van der Waals surface area (Å²) in [5.74, 6) is -1.08. The highest BCUT2D eigenvalue weighted by molar-refractivity contribution is 7.17. The topological polar surface area (TPSA) is 93.3 Å². The summed E-state index contributed by atoms with van der Waals surface area (Å²) < 4.78 is 0. The number of nitrogens with zero attached hydrogens (tertiary/aromatic N) is 2. The summed E-state index contributed by atoms with van der Waals surface area (Å²) in [7, 11) is 0. The van der Waals surface area contributed by atoms with E-state index in [0.717, 1.165) is 11.3 Å². The van der Waals surface area contributed by atoms with Crippen molar-refractivity contribution < 1.29 is 14.8 Å². The predicted octanol–water partition coefficient (Wildman–Crippen LogP) is 3.38. The van der Waals surface area contributed by atoms with Crippen LogP contribution in [0.2, 0.25) is 5.02 Å². The quantitative estimate of drug-likeness (QED) is 0.692. The van der Waals surface area contributed by atoms with E-state index in [-0.39, 0.29) is 15.6 Å². The molecule has 98 valence electrons. The lowest BCUT2D eigenvalue weighted by Crippen LogP contribution is -1.94. The Labute approximate surface area is 116 Å². The number of carboxylic acids is 1. The molecule has 0 fully saturated rings. The van der Waals surface area contributed by atoms with Gasteiger partial charge < -0.3 is 5.11 Å². The summed E-state index contributed by atoms with van der Waals surface area (Å²) in [5, 5.41) is 20.3. The molecule has 2 rings (SSSR count). The van der Waals surface area contributed by atoms with Crippen LogP contribution in [0, 0.1) is 17.0 Å². The molecule has 0 saturated carbocycles. The number of thiazole rings is 1. The molecular weight excluding hydrogens is 292 g/mol. The third kappa shape index (κ3) is 2.56. The molecule has 0 radical (unpaired) electrons. The van der Waals surface area contributed by atoms with Crippen LogP contribution in [0.25, 0.3) is 10.6 Å². The number of carboxylic acid groups (broad SMARTS) is 1. The lowest BCUT2D eigenvalue weighted by molar-refractivity contribution is -0.384. The van der Waals surface area contributed by atoms with E-state index in [0.29, 0.717) is 16.3 Å². The normalized spacial score (nSPS) is 10.4. The Balaban J connectivity index is 2.58. The van der Waals surface area contributed by atoms with Gasteiger partial charge in [0, 0.05) is 17.7 Å². The summed E-state index contributed by atoms with van der Waals surface area (Å²) >= 11 is 6.91. The molecule has 2 aromatic rings. The van der Waals surface area contributed by atoms with E-state index < -0.39 is 10.9 Å². The van der Waals surface area contributed by atoms with E-state index >= 15 is 0 Å². The summed E-state index contributed by atoms with van der Waals surface area (Å²) in [4.78, 5) is 25.3. The van der Waals surface area contributed by atoms with Crippen LogP contribution < -0.4 is 0 Å². The average Bonchev–Trinajstić information content (AvgIpc) is 2.71. The number of hydrogen-bond donors (Lipinski definition) is 1. The largest absolute Gasteiger partial charge is 0.477 e. The minimum absolute atomic E-state index is 0.0950. The van der Waals surface area contributed by atoms with Crippen LogP contribution >= 0.6 is 22.9 Å². The molecule has 0 spiro atoms. The highest BCUT2D eigenvalue weighted by Crippen LogP contribution is 2.35. The first-order valence-corrected chi connectivity index (χ1v) is 6.24. The van der Waals surface area contributed by atoms with Crippen molar-refractivity contribution in [3.05, 3.63) is 43.9 Å². The van der Waals surface area contributed by atoms with Crippen LogP contribution in [0.4, 0.5) is 5.69 Å². The minimum Gasteiger partial charge on any atom is -0.477 e. The van der Waals surface area contributed by atoms with Gasteiger partial charge in [0.15, 0.2) is 0 Å². The van der Waals surface area contributed by atoms with Crippen LogP contribution in [0.1, 0.15) is 15.4 Å². The molecular formula is C11H7ClN2O4S. The van der Waals surface area contributed by atoms with Gasteiger partial charge in [-0.1, -0.05) is 11.6 Å². The number of hydrogen-bond acceptors (Lipinski definition) is 5. The first kappa shape index (κ1) is 13.4. The zero-order valence-electron chi connectivity index (χ0n) is 9.58. The number of nitro groups is 1. The van der Waals surface area contributed by atoms with Gasteiger partial charge in [0.05, 0.1) is 15.6 Å². The first-order valence-electron chi connectivity index (χ1n) is 5.05. The van der Waals surface area contributed by atoms with Gasteiger partial charge in [0.2, 0.25) is 0 Å². The number of non-ortho nitro benzene ring substituents is 1. The van der Waals surface area contributed by atoms with Crippen LogP contribution in [-0.4, -0.2) is 21.0 Å². The SMILES string of the molecule is Cc1nc(-c2cc([N+](=O)[O-])ccc2Cl)sc1C(=O)O. The van der Waals surface area contributed by atoms with Gasteiger partial charge in [-0.15, -0.1) is 11.3 Å². The lowest BCUT2D eigenvalue weighted by Gasteiger charge is -1.99. The fourth-order valence-corrected chi connectivity index (χ4v) is 2.70. The molecule has 0 unspecified atom stereocenters. The number of benzene rings is 1. The molecule has 8 heteroatoms. The van der Waals surface area contributed by atoms with Crippen molar-refractivity contribution in [3.63, 3.8) is 0 Å². The highest BCUT2D eigenvalue weighted by atomic mass is 35.5. The molecule has 0 aliphatic carbocycles. The maximum atomic E-state index is 11.0. The van der Waals surface area contributed by atoms with E-state index in [1.54, 1.807) is 6.92 Å². The molecule has 0 atom stereocenters. The Kier molecular flexibility index (Phi) is 3.50. The van der Waals surface area contributed by atoms with Crippen molar-refractivity contribution in [3.8, 4) is 10.6 Å². The standard InChI is InChI=1S/C11H7ClN2O4S/c1-5-9(11(15)16)19-10(13-5)7-4-6(14(17)18)2-3-8(7)12/h2-4H,1H3,(H,15,16). The molecule has 0 saturated heterocycles. The molecule has 0 bridgehead atoms. The smallest absolute Gasteiger partial charge is 0.347 e. The fourth-order valence-electron chi connectivity index (χ4n) is 1.50. The van der Waals surface area contributed by atoms with Gasteiger partial charge in [0.1, 0.15) is 9.88 Å². The maximum absolute atomic E-state index is 11.0. The third-order valence-corrected chi connectivity index (χ3v) is 3.89. The minimum atomic E-state index is -1.08. The van der Waals surface area contributed by atoms with Gasteiger partial charge in [-0.3, -0.25) is 10.1 Å². The van der Waals surface area contributed by atoms with Gasteiger partial charge in [-0.2, -0.15) is 0 Å². The van der Waals surface area contributed by atoms with Gasteiger partial charge in [0.25, 0.3) is 5.69 Å². The van der Waals surface area contributed by atoms with Crippen molar-refractivity contribution in [2.24, 2.45) is 0 Å². The van der Waals surface area contributed by atoms with Gasteiger partial charge in [-0.05, 0) is 13.0 Å². The molecule has 1 N–H and O–H groups in total. The molecule has 6 nitrogen and oxygen atoms in total. The number of aromatic nitrogens is 1. The summed E-state index contributed by atoms with van der Waals surface area (Å²) in [5.41, 5.74) is 0.593. The number of halogens is 1. The van der Waals surface area contributed by atoms with E-state index in [1.807, 2.05) is 0 Å². The second kappa shape index (κ2) is 4.94. The molecule has 19 heavy (non-hydrogen) atoms. The van der Waals surface area contributed by atoms with Crippen LogP contribution in [-0.2, 0) is 0 Å². The second-order valence-corrected chi connectivity index (χ2v) is 5.07. The number of aryl methyl sites for hydroxylation is 1. The Hall–Kier alpha value is -1.99. The van der Waals surface area contributed by atoms with E-state index in [2.05, 4.69) is 4.98 Å². The molecule has 0 aliphatic heterocycles. The zero-order valence-corrected chi connectivity index (χ0v) is 11.2. The molecule has 0 aliphatic rings. The Morgan fingerprint density at radius 3 is 2.74 bits per heavy atom. The van der Waals surface area contributed by atoms with E-state index in [1.165, 1.54) is 18.2 Å². The lowest BCUT2D eigenvalue weighted by atomic mass is 10.2. The highest BCUT2D eigenvalue weighted by Gasteiger charge is 2.18.